The smallest absolute Gasteiger partial charge is 0.335 e. The Balaban J connectivity index is 1.68. The average Bonchev–Trinajstić information content (AvgIpc) is 3.12. The molecule has 0 saturated carbocycles. The van der Waals surface area contributed by atoms with Crippen molar-refractivity contribution >= 4 is 41.1 Å². The summed E-state index contributed by atoms with van der Waals surface area (Å²) in [7, 11) is 1.44. The third-order valence-corrected chi connectivity index (χ3v) is 5.25. The van der Waals surface area contributed by atoms with Crippen molar-refractivity contribution in [3.8, 4) is 11.5 Å². The number of ether oxygens (including phenoxy) is 2. The van der Waals surface area contributed by atoms with E-state index in [0.29, 0.717) is 27.6 Å². The standard InChI is InChI=1S/C25H19ClN2O6/c1-33-21-13-18(26)11-17(22(21)34-14-15-6-5-7-16(10-15)25(31)32)12-20-23(29)27-28(24(20)30)19-8-3-2-4-9-19/h2-13H,14H2,1H3,(H,27,29)(H,31,32)/b20-12-. The van der Waals surface area contributed by atoms with Crippen LogP contribution in [0, 0.1) is 0 Å². The van der Waals surface area contributed by atoms with Crippen LogP contribution in [0.5, 0.6) is 11.5 Å². The number of benzene rings is 3. The largest absolute Gasteiger partial charge is 0.493 e. The number of nitrogens with one attached hydrogen (secondary N) is 1. The Hall–Kier alpha value is -4.30. The lowest BCUT2D eigenvalue weighted by molar-refractivity contribution is -0.117. The van der Waals surface area contributed by atoms with Gasteiger partial charge in [0.05, 0.1) is 18.4 Å². The minimum absolute atomic E-state index is 0.0194. The summed E-state index contributed by atoms with van der Waals surface area (Å²) in [6.45, 7) is 0.0194. The normalized spacial score (nSPS) is 14.3. The molecular formula is C25H19ClN2O6. The third-order valence-electron chi connectivity index (χ3n) is 5.03. The van der Waals surface area contributed by atoms with E-state index < -0.39 is 17.8 Å². The van der Waals surface area contributed by atoms with E-state index in [-0.39, 0.29) is 23.5 Å². The van der Waals surface area contributed by atoms with E-state index >= 15 is 0 Å². The highest BCUT2D eigenvalue weighted by atomic mass is 35.5. The topological polar surface area (TPSA) is 105 Å². The first-order valence-electron chi connectivity index (χ1n) is 10.1. The van der Waals surface area contributed by atoms with E-state index in [1.54, 1.807) is 54.6 Å². The van der Waals surface area contributed by atoms with E-state index in [0.717, 1.165) is 5.01 Å². The number of carboxylic acid groups (broad SMARTS) is 1. The Morgan fingerprint density at radius 2 is 1.85 bits per heavy atom. The molecule has 1 saturated heterocycles. The Morgan fingerprint density at radius 1 is 1.09 bits per heavy atom. The molecule has 0 unspecified atom stereocenters. The number of nitrogens with zero attached hydrogens (tertiary/aromatic N) is 1. The van der Waals surface area contributed by atoms with Crippen molar-refractivity contribution in [2.75, 3.05) is 12.1 Å². The number of methoxy groups -OCH3 is 1. The van der Waals surface area contributed by atoms with Gasteiger partial charge in [-0.05, 0) is 42.0 Å². The van der Waals surface area contributed by atoms with Gasteiger partial charge in [0.2, 0.25) is 0 Å². The van der Waals surface area contributed by atoms with Gasteiger partial charge in [-0.3, -0.25) is 15.0 Å². The second kappa shape index (κ2) is 9.68. The molecule has 0 bridgehead atoms. The van der Waals surface area contributed by atoms with Crippen molar-refractivity contribution in [3.63, 3.8) is 0 Å². The number of halogens is 1. The predicted molar refractivity (Wildman–Crippen MR) is 126 cm³/mol. The van der Waals surface area contributed by atoms with Crippen LogP contribution >= 0.6 is 11.6 Å². The molecule has 0 aliphatic carbocycles. The predicted octanol–water partition coefficient (Wildman–Crippen LogP) is 4.09. The monoisotopic (exact) mass is 478 g/mol. The Kier molecular flexibility index (Phi) is 6.51. The molecule has 3 aromatic rings. The minimum Gasteiger partial charge on any atom is -0.493 e. The minimum atomic E-state index is -1.05. The SMILES string of the molecule is COc1cc(Cl)cc(/C=C2/C(=O)NN(c3ccccc3)C2=O)c1OCc1cccc(C(=O)O)c1. The van der Waals surface area contributed by atoms with Gasteiger partial charge in [-0.2, -0.15) is 0 Å². The van der Waals surface area contributed by atoms with Crippen LogP contribution in [0.1, 0.15) is 21.5 Å². The third kappa shape index (κ3) is 4.72. The second-order valence-corrected chi connectivity index (χ2v) is 7.73. The molecule has 172 valence electrons. The van der Waals surface area contributed by atoms with E-state index in [2.05, 4.69) is 5.43 Å². The van der Waals surface area contributed by atoms with Gasteiger partial charge in [0.1, 0.15) is 12.2 Å². The number of carbonyl (C=O) groups excluding carboxylic acids is 2. The second-order valence-electron chi connectivity index (χ2n) is 7.30. The fourth-order valence-electron chi connectivity index (χ4n) is 3.42. The van der Waals surface area contributed by atoms with Crippen LogP contribution < -0.4 is 19.9 Å². The molecule has 2 amide bonds. The van der Waals surface area contributed by atoms with Gasteiger partial charge in [-0.15, -0.1) is 0 Å². The van der Waals surface area contributed by atoms with E-state index in [9.17, 15) is 19.5 Å². The Morgan fingerprint density at radius 3 is 2.56 bits per heavy atom. The molecule has 4 rings (SSSR count). The number of hydrazine groups is 1. The summed E-state index contributed by atoms with van der Waals surface area (Å²) in [6.07, 6.45) is 1.39. The number of carboxylic acids is 1. The number of aromatic carboxylic acids is 1. The molecule has 1 fully saturated rings. The van der Waals surface area contributed by atoms with Gasteiger partial charge in [0.15, 0.2) is 11.5 Å². The summed E-state index contributed by atoms with van der Waals surface area (Å²) in [5.74, 6) is -1.62. The van der Waals surface area contributed by atoms with Crippen molar-refractivity contribution in [1.29, 1.82) is 0 Å². The number of anilines is 1. The Bertz CT molecular complexity index is 1310. The van der Waals surface area contributed by atoms with Crippen LogP contribution in [0.4, 0.5) is 5.69 Å². The highest BCUT2D eigenvalue weighted by Crippen LogP contribution is 2.37. The fraction of sp³-hybridized carbons (Fsp3) is 0.0800. The van der Waals surface area contributed by atoms with Gasteiger partial charge in [-0.25, -0.2) is 9.80 Å². The molecule has 3 aromatic carbocycles. The van der Waals surface area contributed by atoms with Crippen LogP contribution in [-0.4, -0.2) is 30.0 Å². The summed E-state index contributed by atoms with van der Waals surface area (Å²) in [5.41, 5.74) is 4.05. The summed E-state index contributed by atoms with van der Waals surface area (Å²) >= 11 is 6.23. The lowest BCUT2D eigenvalue weighted by Crippen LogP contribution is -2.35. The maximum Gasteiger partial charge on any atom is 0.335 e. The number of rotatable bonds is 7. The molecule has 9 heteroatoms. The molecule has 0 atom stereocenters. The quantitative estimate of drug-likeness (QED) is 0.391. The van der Waals surface area contributed by atoms with Crippen LogP contribution in [0.3, 0.4) is 0 Å². The number of para-hydroxylation sites is 1. The molecule has 2 N–H and O–H groups in total. The van der Waals surface area contributed by atoms with E-state index in [1.807, 2.05) is 0 Å². The van der Waals surface area contributed by atoms with Crippen molar-refractivity contribution < 1.29 is 29.0 Å². The van der Waals surface area contributed by atoms with Crippen LogP contribution in [0.15, 0.2) is 72.3 Å². The first-order chi connectivity index (χ1) is 16.4. The van der Waals surface area contributed by atoms with Gasteiger partial charge in [-0.1, -0.05) is 41.9 Å². The molecule has 0 aromatic heterocycles. The first-order valence-corrected chi connectivity index (χ1v) is 10.5. The van der Waals surface area contributed by atoms with E-state index in [1.165, 1.54) is 25.3 Å². The highest BCUT2D eigenvalue weighted by molar-refractivity contribution is 6.32. The summed E-state index contributed by atoms with van der Waals surface area (Å²) < 4.78 is 11.3. The average molecular weight is 479 g/mol. The maximum absolute atomic E-state index is 13.0. The molecule has 8 nitrogen and oxygen atoms in total. The number of hydrogen-bond donors (Lipinski definition) is 2. The zero-order chi connectivity index (χ0) is 24.2. The molecule has 1 aliphatic heterocycles. The summed E-state index contributed by atoms with van der Waals surface area (Å²) in [4.78, 5) is 36.8. The van der Waals surface area contributed by atoms with Gasteiger partial charge < -0.3 is 14.6 Å². The lowest BCUT2D eigenvalue weighted by Gasteiger charge is -2.15. The van der Waals surface area contributed by atoms with Crippen molar-refractivity contribution in [1.82, 2.24) is 5.43 Å². The highest BCUT2D eigenvalue weighted by Gasteiger charge is 2.34. The molecular weight excluding hydrogens is 460 g/mol. The van der Waals surface area contributed by atoms with Gasteiger partial charge in [0.25, 0.3) is 11.8 Å². The van der Waals surface area contributed by atoms with Crippen molar-refractivity contribution in [2.24, 2.45) is 0 Å². The lowest BCUT2D eigenvalue weighted by atomic mass is 10.1. The molecule has 0 spiro atoms. The number of amides is 2. The fourth-order valence-corrected chi connectivity index (χ4v) is 3.64. The molecule has 1 aliphatic rings. The van der Waals surface area contributed by atoms with Crippen LogP contribution in [0.2, 0.25) is 5.02 Å². The molecule has 34 heavy (non-hydrogen) atoms. The molecule has 0 radical (unpaired) electrons. The first kappa shape index (κ1) is 22.9. The van der Waals surface area contributed by atoms with Crippen LogP contribution in [0.25, 0.3) is 6.08 Å². The number of carbonyl (C=O) groups is 3. The van der Waals surface area contributed by atoms with Gasteiger partial charge in [0, 0.05) is 16.7 Å². The van der Waals surface area contributed by atoms with Crippen molar-refractivity contribution in [3.05, 3.63) is 94.0 Å². The van der Waals surface area contributed by atoms with Crippen LogP contribution in [-0.2, 0) is 16.2 Å². The summed E-state index contributed by atoms with van der Waals surface area (Å²) in [5, 5.41) is 10.7. The molecule has 1 heterocycles. The zero-order valence-corrected chi connectivity index (χ0v) is 18.7. The maximum atomic E-state index is 13.0. The summed E-state index contributed by atoms with van der Waals surface area (Å²) in [6, 6.07) is 18.1. The zero-order valence-electron chi connectivity index (χ0n) is 17.9. The van der Waals surface area contributed by atoms with E-state index in [4.69, 9.17) is 21.1 Å². The van der Waals surface area contributed by atoms with Crippen molar-refractivity contribution in [2.45, 2.75) is 6.61 Å². The number of hydrogen-bond acceptors (Lipinski definition) is 5. The van der Waals surface area contributed by atoms with Gasteiger partial charge >= 0.3 is 5.97 Å². The Labute approximate surface area is 199 Å².